The van der Waals surface area contributed by atoms with Crippen LogP contribution in [0.3, 0.4) is 0 Å². The number of thiazole rings is 1. The minimum absolute atomic E-state index is 0.437. The normalized spacial score (nSPS) is 14.3. The second-order valence-corrected chi connectivity index (χ2v) is 8.28. The quantitative estimate of drug-likeness (QED) is 0.304. The summed E-state index contributed by atoms with van der Waals surface area (Å²) in [6.07, 6.45) is 0. The molecule has 3 nitrogen and oxygen atoms in total. The van der Waals surface area contributed by atoms with E-state index in [0.29, 0.717) is 6.04 Å². The predicted molar refractivity (Wildman–Crippen MR) is 150 cm³/mol. The first kappa shape index (κ1) is 26.8. The van der Waals surface area contributed by atoms with Crippen molar-refractivity contribution in [2.24, 2.45) is 0 Å². The van der Waals surface area contributed by atoms with Crippen LogP contribution in [0.1, 0.15) is 60.1 Å². The van der Waals surface area contributed by atoms with Crippen LogP contribution in [-0.2, 0) is 0 Å². The molecule has 178 valence electrons. The third-order valence-electron chi connectivity index (χ3n) is 5.67. The van der Waals surface area contributed by atoms with Gasteiger partial charge in [0.25, 0.3) is 0 Å². The average Bonchev–Trinajstić information content (AvgIpc) is 3.36. The molecule has 1 aliphatic rings. The third-order valence-corrected chi connectivity index (χ3v) is 6.77. The first-order valence-electron chi connectivity index (χ1n) is 12.6. The number of piperazine rings is 1. The number of benzene rings is 3. The molecule has 0 amide bonds. The van der Waals surface area contributed by atoms with E-state index >= 15 is 0 Å². The molecule has 4 aromatic rings. The molecule has 2 heterocycles. The summed E-state index contributed by atoms with van der Waals surface area (Å²) in [5, 5.41) is 3.80. The Balaban J connectivity index is 0.000000597. The van der Waals surface area contributed by atoms with Gasteiger partial charge in [0.1, 0.15) is 0 Å². The smallest absolute Gasteiger partial charge is 0.186 e. The molecule has 1 saturated heterocycles. The van der Waals surface area contributed by atoms with Crippen molar-refractivity contribution in [1.82, 2.24) is 9.88 Å². The van der Waals surface area contributed by atoms with Gasteiger partial charge in [-0.05, 0) is 41.5 Å². The zero-order chi connectivity index (χ0) is 24.2. The summed E-state index contributed by atoms with van der Waals surface area (Å²) < 4.78 is 1.28. The second-order valence-electron chi connectivity index (χ2n) is 7.27. The van der Waals surface area contributed by atoms with Crippen molar-refractivity contribution in [1.29, 1.82) is 0 Å². The monoisotopic (exact) mass is 463 g/mol. The maximum atomic E-state index is 4.82. The molecule has 0 N–H and O–H groups in total. The van der Waals surface area contributed by atoms with E-state index in [2.05, 4.69) is 83.5 Å². The fraction of sp³-hybridized carbons (Fsp3) is 0.414. The predicted octanol–water partition coefficient (Wildman–Crippen LogP) is 8.41. The summed E-state index contributed by atoms with van der Waals surface area (Å²) in [5.41, 5.74) is 2.52. The molecule has 4 heteroatoms. The van der Waals surface area contributed by atoms with Crippen LogP contribution in [0.4, 0.5) is 5.13 Å². The van der Waals surface area contributed by atoms with Crippen molar-refractivity contribution in [3.63, 3.8) is 0 Å². The van der Waals surface area contributed by atoms with Gasteiger partial charge in [-0.3, -0.25) is 4.90 Å². The van der Waals surface area contributed by atoms with Crippen molar-refractivity contribution < 1.29 is 0 Å². The standard InChI is InChI=1S/C23H23N3S.3C2H6/c1-17(19-11-10-18-6-2-3-7-20(18)16-19)25-12-14-26(15-13-25)23-24-21-8-4-5-9-22(21)27-23;3*1-2/h2-11,16-17H,12-15H2,1H3;3*1-2H3. The Morgan fingerprint density at radius 2 is 1.33 bits per heavy atom. The average molecular weight is 464 g/mol. The van der Waals surface area contributed by atoms with Gasteiger partial charge in [-0.2, -0.15) is 0 Å². The molecule has 3 aromatic carbocycles. The molecule has 0 bridgehead atoms. The fourth-order valence-corrected chi connectivity index (χ4v) is 4.99. The van der Waals surface area contributed by atoms with Crippen LogP contribution < -0.4 is 4.90 Å². The highest BCUT2D eigenvalue weighted by Gasteiger charge is 2.24. The minimum Gasteiger partial charge on any atom is -0.345 e. The molecule has 5 rings (SSSR count). The first-order valence-corrected chi connectivity index (χ1v) is 13.4. The minimum atomic E-state index is 0.437. The van der Waals surface area contributed by atoms with E-state index in [4.69, 9.17) is 4.98 Å². The fourth-order valence-electron chi connectivity index (χ4n) is 3.97. The van der Waals surface area contributed by atoms with Crippen LogP contribution in [0.5, 0.6) is 0 Å². The highest BCUT2D eigenvalue weighted by atomic mass is 32.1. The van der Waals surface area contributed by atoms with E-state index in [1.165, 1.54) is 21.0 Å². The topological polar surface area (TPSA) is 19.4 Å². The van der Waals surface area contributed by atoms with Gasteiger partial charge in [-0.15, -0.1) is 0 Å². The lowest BCUT2D eigenvalue weighted by Gasteiger charge is -2.38. The Kier molecular flexibility index (Phi) is 11.4. The maximum absolute atomic E-state index is 4.82. The SMILES string of the molecule is CC.CC.CC.CC(c1ccc2ccccc2c1)N1CCN(c2nc3ccccc3s2)CC1. The van der Waals surface area contributed by atoms with Crippen molar-refractivity contribution >= 4 is 37.5 Å². The molecule has 1 unspecified atom stereocenters. The van der Waals surface area contributed by atoms with E-state index in [1.807, 2.05) is 52.9 Å². The van der Waals surface area contributed by atoms with Gasteiger partial charge in [0.2, 0.25) is 0 Å². The molecule has 1 fully saturated rings. The van der Waals surface area contributed by atoms with Gasteiger partial charge in [0.05, 0.1) is 10.2 Å². The van der Waals surface area contributed by atoms with E-state index in [9.17, 15) is 0 Å². The van der Waals surface area contributed by atoms with E-state index in [1.54, 1.807) is 0 Å². The number of anilines is 1. The molecule has 0 radical (unpaired) electrons. The Morgan fingerprint density at radius 3 is 2.00 bits per heavy atom. The molecule has 1 aromatic heterocycles. The summed E-state index contributed by atoms with van der Waals surface area (Å²) in [6.45, 7) is 18.6. The van der Waals surface area contributed by atoms with Crippen molar-refractivity contribution in [3.8, 4) is 0 Å². The molecular weight excluding hydrogens is 422 g/mol. The number of hydrogen-bond donors (Lipinski definition) is 0. The third kappa shape index (κ3) is 6.55. The van der Waals surface area contributed by atoms with Crippen LogP contribution in [0.15, 0.2) is 66.7 Å². The zero-order valence-electron chi connectivity index (χ0n) is 21.5. The molecule has 0 saturated carbocycles. The number of hydrogen-bond acceptors (Lipinski definition) is 4. The lowest BCUT2D eigenvalue weighted by molar-refractivity contribution is 0.198. The Hall–Kier alpha value is -2.43. The van der Waals surface area contributed by atoms with E-state index < -0.39 is 0 Å². The van der Waals surface area contributed by atoms with Crippen molar-refractivity contribution in [2.45, 2.75) is 54.5 Å². The van der Waals surface area contributed by atoms with Crippen LogP contribution in [-0.4, -0.2) is 36.1 Å². The number of fused-ring (bicyclic) bond motifs is 2. The van der Waals surface area contributed by atoms with Crippen molar-refractivity contribution in [3.05, 3.63) is 72.3 Å². The molecule has 1 aliphatic heterocycles. The van der Waals surface area contributed by atoms with Gasteiger partial charge in [0, 0.05) is 32.2 Å². The van der Waals surface area contributed by atoms with Gasteiger partial charge in [-0.1, -0.05) is 101 Å². The van der Waals surface area contributed by atoms with Crippen molar-refractivity contribution in [2.75, 3.05) is 31.1 Å². The Morgan fingerprint density at radius 1 is 0.727 bits per heavy atom. The highest BCUT2D eigenvalue weighted by molar-refractivity contribution is 7.22. The summed E-state index contributed by atoms with van der Waals surface area (Å²) >= 11 is 1.81. The second kappa shape index (κ2) is 14.0. The number of para-hydroxylation sites is 1. The Bertz CT molecular complexity index is 1050. The van der Waals surface area contributed by atoms with Crippen LogP contribution >= 0.6 is 11.3 Å². The number of rotatable bonds is 3. The lowest BCUT2D eigenvalue weighted by atomic mass is 10.0. The molecule has 1 atom stereocenters. The van der Waals surface area contributed by atoms with Crippen LogP contribution in [0, 0.1) is 0 Å². The van der Waals surface area contributed by atoms with Crippen LogP contribution in [0.2, 0.25) is 0 Å². The van der Waals surface area contributed by atoms with Gasteiger partial charge < -0.3 is 4.90 Å². The summed E-state index contributed by atoms with van der Waals surface area (Å²) in [6, 6.07) is 24.3. The van der Waals surface area contributed by atoms with E-state index in [0.717, 1.165) is 36.8 Å². The summed E-state index contributed by atoms with van der Waals surface area (Å²) in [4.78, 5) is 9.85. The molecule has 0 spiro atoms. The molecule has 33 heavy (non-hydrogen) atoms. The number of aromatic nitrogens is 1. The van der Waals surface area contributed by atoms with Gasteiger partial charge in [0.15, 0.2) is 5.13 Å². The summed E-state index contributed by atoms with van der Waals surface area (Å²) in [5.74, 6) is 0. The largest absolute Gasteiger partial charge is 0.345 e. The van der Waals surface area contributed by atoms with Gasteiger partial charge in [-0.25, -0.2) is 4.98 Å². The first-order chi connectivity index (χ1) is 16.3. The van der Waals surface area contributed by atoms with E-state index in [-0.39, 0.29) is 0 Å². The maximum Gasteiger partial charge on any atom is 0.186 e. The number of nitrogens with zero attached hydrogens (tertiary/aromatic N) is 3. The Labute approximate surface area is 205 Å². The molecule has 0 aliphatic carbocycles. The lowest BCUT2D eigenvalue weighted by Crippen LogP contribution is -2.47. The highest BCUT2D eigenvalue weighted by Crippen LogP contribution is 2.31. The van der Waals surface area contributed by atoms with Crippen LogP contribution in [0.25, 0.3) is 21.0 Å². The zero-order valence-corrected chi connectivity index (χ0v) is 22.3. The van der Waals surface area contributed by atoms with Gasteiger partial charge >= 0.3 is 0 Å². The summed E-state index contributed by atoms with van der Waals surface area (Å²) in [7, 11) is 0. The molecular formula is C29H41N3S.